The average Bonchev–Trinajstić information content (AvgIpc) is 2.38. The molecule has 0 aliphatic carbocycles. The minimum absolute atomic E-state index is 0.683. The molecular weight excluding hydrogens is 200 g/mol. The molecule has 0 aliphatic rings. The summed E-state index contributed by atoms with van der Waals surface area (Å²) >= 11 is 0. The first kappa shape index (κ1) is 10.2. The van der Waals surface area contributed by atoms with E-state index < -0.39 is 0 Å². The molecule has 1 amide bonds. The van der Waals surface area contributed by atoms with Crippen molar-refractivity contribution < 1.29 is 4.79 Å². The molecule has 2 rings (SSSR count). The van der Waals surface area contributed by atoms with Crippen LogP contribution in [0.3, 0.4) is 0 Å². The first-order valence-electron chi connectivity index (χ1n) is 4.87. The van der Waals surface area contributed by atoms with E-state index in [0.717, 1.165) is 11.4 Å². The lowest BCUT2D eigenvalue weighted by Gasteiger charge is -2.15. The molecule has 0 saturated heterocycles. The van der Waals surface area contributed by atoms with E-state index in [1.54, 1.807) is 24.3 Å². The molecule has 2 radical (unpaired) electrons. The second kappa shape index (κ2) is 4.98. The van der Waals surface area contributed by atoms with Crippen LogP contribution in [-0.2, 0) is 4.79 Å². The monoisotopic (exact) mass is 210 g/mol. The molecule has 0 spiro atoms. The summed E-state index contributed by atoms with van der Waals surface area (Å²) in [6, 6.07) is 19.3. The van der Waals surface area contributed by atoms with Gasteiger partial charge in [-0.05, 0) is 30.3 Å². The highest BCUT2D eigenvalue weighted by atomic mass is 16.1. The largest absolute Gasteiger partial charge is 0.276 e. The molecule has 2 aromatic rings. The highest BCUT2D eigenvalue weighted by Crippen LogP contribution is 2.14. The summed E-state index contributed by atoms with van der Waals surface area (Å²) < 4.78 is 0. The minimum atomic E-state index is 0.683. The van der Waals surface area contributed by atoms with Crippen molar-refractivity contribution >= 4 is 17.8 Å². The maximum atomic E-state index is 10.9. The van der Waals surface area contributed by atoms with E-state index in [9.17, 15) is 4.79 Å². The van der Waals surface area contributed by atoms with Crippen molar-refractivity contribution in [2.75, 3.05) is 5.01 Å². The number of rotatable bonds is 4. The van der Waals surface area contributed by atoms with Crippen LogP contribution in [0.5, 0.6) is 0 Å². The Bertz CT molecular complexity index is 442. The predicted octanol–water partition coefficient (Wildman–Crippen LogP) is 2.30. The predicted molar refractivity (Wildman–Crippen MR) is 62.1 cm³/mol. The summed E-state index contributed by atoms with van der Waals surface area (Å²) in [4.78, 5) is 10.9. The van der Waals surface area contributed by atoms with Gasteiger partial charge in [-0.25, -0.2) is 5.01 Å². The number of hydrogen-bond donors (Lipinski definition) is 0. The van der Waals surface area contributed by atoms with Crippen LogP contribution in [0.25, 0.3) is 0 Å². The van der Waals surface area contributed by atoms with Crippen LogP contribution in [0, 0.1) is 6.07 Å². The Kier molecular flexibility index (Phi) is 3.18. The van der Waals surface area contributed by atoms with Crippen molar-refractivity contribution in [1.29, 1.82) is 0 Å². The molecule has 0 N–H and O–H groups in total. The zero-order valence-corrected chi connectivity index (χ0v) is 8.58. The summed E-state index contributed by atoms with van der Waals surface area (Å²) in [5, 5.41) is 1.29. The zero-order chi connectivity index (χ0) is 11.2. The first-order valence-corrected chi connectivity index (χ1v) is 4.87. The highest BCUT2D eigenvalue weighted by molar-refractivity contribution is 5.74. The number of anilines is 1. The van der Waals surface area contributed by atoms with Gasteiger partial charge in [0.05, 0.1) is 11.4 Å². The second-order valence-corrected chi connectivity index (χ2v) is 3.14. The van der Waals surface area contributed by atoms with Gasteiger partial charge in [-0.2, -0.15) is 5.43 Å². The molecule has 2 aromatic carbocycles. The normalized spacial score (nSPS) is 9.50. The van der Waals surface area contributed by atoms with Crippen molar-refractivity contribution in [3.8, 4) is 0 Å². The van der Waals surface area contributed by atoms with Crippen molar-refractivity contribution in [3.63, 3.8) is 0 Å². The Morgan fingerprint density at radius 3 is 2.38 bits per heavy atom. The Morgan fingerprint density at radius 2 is 1.75 bits per heavy atom. The third-order valence-electron chi connectivity index (χ3n) is 2.04. The van der Waals surface area contributed by atoms with Crippen molar-refractivity contribution in [1.82, 2.24) is 5.43 Å². The van der Waals surface area contributed by atoms with Crippen LogP contribution in [0.2, 0.25) is 0 Å². The molecule has 3 heteroatoms. The molecule has 78 valence electrons. The van der Waals surface area contributed by atoms with Crippen LogP contribution in [0.15, 0.2) is 54.6 Å². The van der Waals surface area contributed by atoms with Gasteiger partial charge in [0.1, 0.15) is 0 Å². The lowest BCUT2D eigenvalue weighted by Crippen LogP contribution is -2.26. The third kappa shape index (κ3) is 2.39. The highest BCUT2D eigenvalue weighted by Gasteiger charge is 2.05. The van der Waals surface area contributed by atoms with E-state index in [1.807, 2.05) is 30.3 Å². The van der Waals surface area contributed by atoms with E-state index in [1.165, 1.54) is 5.01 Å². The van der Waals surface area contributed by atoms with Gasteiger partial charge < -0.3 is 0 Å². The van der Waals surface area contributed by atoms with E-state index in [-0.39, 0.29) is 0 Å². The van der Waals surface area contributed by atoms with Gasteiger partial charge in [0.15, 0.2) is 0 Å². The topological polar surface area (TPSA) is 34.4 Å². The maximum Gasteiger partial charge on any atom is 0.234 e. The SMILES string of the molecule is O=CN([N]c1ccccc1)c1cc[c]cc1. The molecule has 0 atom stereocenters. The van der Waals surface area contributed by atoms with Crippen molar-refractivity contribution in [2.24, 2.45) is 0 Å². The number of nitrogens with zero attached hydrogens (tertiary/aromatic N) is 2. The molecular formula is C13H10N2O. The van der Waals surface area contributed by atoms with E-state index in [2.05, 4.69) is 11.5 Å². The fourth-order valence-corrected chi connectivity index (χ4v) is 1.29. The lowest BCUT2D eigenvalue weighted by atomic mass is 10.3. The summed E-state index contributed by atoms with van der Waals surface area (Å²) in [7, 11) is 0. The quantitative estimate of drug-likeness (QED) is 0.563. The van der Waals surface area contributed by atoms with Crippen LogP contribution < -0.4 is 10.4 Å². The molecule has 0 aliphatic heterocycles. The Balaban J connectivity index is 2.16. The van der Waals surface area contributed by atoms with Gasteiger partial charge >= 0.3 is 0 Å². The molecule has 16 heavy (non-hydrogen) atoms. The molecule has 0 aromatic heterocycles. The summed E-state index contributed by atoms with van der Waals surface area (Å²) in [5.74, 6) is 0. The van der Waals surface area contributed by atoms with Crippen LogP contribution in [0.1, 0.15) is 0 Å². The first-order chi connectivity index (χ1) is 7.90. The standard InChI is InChI=1S/C13H10N2O/c16-11-15(13-9-5-2-6-10-13)14-12-7-3-1-4-8-12/h1,3-11H. The van der Waals surface area contributed by atoms with Gasteiger partial charge in [0, 0.05) is 0 Å². The fraction of sp³-hybridized carbons (Fsp3) is 0. The van der Waals surface area contributed by atoms with E-state index >= 15 is 0 Å². The lowest BCUT2D eigenvalue weighted by molar-refractivity contribution is -0.107. The van der Waals surface area contributed by atoms with Gasteiger partial charge in [-0.1, -0.05) is 30.3 Å². The number of benzene rings is 2. The molecule has 0 heterocycles. The van der Waals surface area contributed by atoms with Crippen LogP contribution in [-0.4, -0.2) is 6.41 Å². The maximum absolute atomic E-state index is 10.9. The molecule has 0 fully saturated rings. The van der Waals surface area contributed by atoms with Gasteiger partial charge in [-0.3, -0.25) is 4.79 Å². The van der Waals surface area contributed by atoms with Crippen molar-refractivity contribution in [2.45, 2.75) is 0 Å². The fourth-order valence-electron chi connectivity index (χ4n) is 1.29. The summed E-state index contributed by atoms with van der Waals surface area (Å²) in [6.45, 7) is 0. The second-order valence-electron chi connectivity index (χ2n) is 3.14. The third-order valence-corrected chi connectivity index (χ3v) is 2.04. The number of hydrogen-bond acceptors (Lipinski definition) is 1. The minimum Gasteiger partial charge on any atom is -0.276 e. The van der Waals surface area contributed by atoms with Gasteiger partial charge in [-0.15, -0.1) is 0 Å². The Labute approximate surface area is 94.3 Å². The van der Waals surface area contributed by atoms with Crippen LogP contribution in [0.4, 0.5) is 11.4 Å². The number of amides is 1. The zero-order valence-electron chi connectivity index (χ0n) is 8.58. The van der Waals surface area contributed by atoms with Crippen LogP contribution >= 0.6 is 0 Å². The van der Waals surface area contributed by atoms with E-state index in [0.29, 0.717) is 6.41 Å². The number of carbonyl (C=O) groups is 1. The van der Waals surface area contributed by atoms with E-state index in [4.69, 9.17) is 0 Å². The molecule has 3 nitrogen and oxygen atoms in total. The van der Waals surface area contributed by atoms with Crippen molar-refractivity contribution in [3.05, 3.63) is 60.7 Å². The Morgan fingerprint density at radius 1 is 1.06 bits per heavy atom. The Hall–Kier alpha value is -2.29. The average molecular weight is 210 g/mol. The summed E-state index contributed by atoms with van der Waals surface area (Å²) in [6.07, 6.45) is 0.683. The smallest absolute Gasteiger partial charge is 0.234 e. The number of carbonyl (C=O) groups excluding carboxylic acids is 1. The molecule has 0 saturated carbocycles. The molecule has 0 bridgehead atoms. The van der Waals surface area contributed by atoms with Gasteiger partial charge in [0.2, 0.25) is 6.41 Å². The molecule has 0 unspecified atom stereocenters. The summed E-state index contributed by atoms with van der Waals surface area (Å²) in [5.41, 5.74) is 5.66. The van der Waals surface area contributed by atoms with Gasteiger partial charge in [0.25, 0.3) is 0 Å².